The second-order valence-corrected chi connectivity index (χ2v) is 3.30. The summed E-state index contributed by atoms with van der Waals surface area (Å²) in [4.78, 5) is 11.1. The molecule has 0 bridgehead atoms. The lowest BCUT2D eigenvalue weighted by Crippen LogP contribution is -2.22. The molecular weight excluding hydrogens is 168 g/mol. The third kappa shape index (κ3) is 5.42. The maximum atomic E-state index is 11.1. The molecule has 0 aliphatic heterocycles. The van der Waals surface area contributed by atoms with Crippen molar-refractivity contribution >= 4 is 5.97 Å². The van der Waals surface area contributed by atoms with Crippen molar-refractivity contribution in [1.29, 1.82) is 0 Å². The molecular formula is C10H18O3. The third-order valence-corrected chi connectivity index (χ3v) is 1.68. The first-order valence-corrected chi connectivity index (χ1v) is 4.51. The predicted molar refractivity (Wildman–Crippen MR) is 51.3 cm³/mol. The Labute approximate surface area is 79.4 Å². The molecule has 0 heterocycles. The van der Waals surface area contributed by atoms with Crippen molar-refractivity contribution in [2.75, 3.05) is 0 Å². The average Bonchev–Trinajstić information content (AvgIpc) is 2.02. The van der Waals surface area contributed by atoms with Gasteiger partial charge in [0.1, 0.15) is 6.10 Å². The molecule has 0 rings (SSSR count). The number of aliphatic hydroxyl groups is 1. The minimum absolute atomic E-state index is 0.204. The molecule has 0 saturated carbocycles. The molecule has 1 N–H and O–H groups in total. The van der Waals surface area contributed by atoms with Gasteiger partial charge < -0.3 is 9.84 Å². The maximum Gasteiger partial charge on any atom is 0.333 e. The molecule has 0 aromatic carbocycles. The molecule has 3 nitrogen and oxygen atoms in total. The van der Waals surface area contributed by atoms with Crippen LogP contribution in [0.25, 0.3) is 0 Å². The van der Waals surface area contributed by atoms with Crippen molar-refractivity contribution in [2.24, 2.45) is 0 Å². The first-order chi connectivity index (χ1) is 5.97. The summed E-state index contributed by atoms with van der Waals surface area (Å²) in [7, 11) is 0. The number of hydrogen-bond acceptors (Lipinski definition) is 3. The van der Waals surface area contributed by atoms with Gasteiger partial charge in [0.2, 0.25) is 0 Å². The molecule has 0 radical (unpaired) electrons. The highest BCUT2D eigenvalue weighted by Crippen LogP contribution is 2.09. The van der Waals surface area contributed by atoms with E-state index in [4.69, 9.17) is 9.84 Å². The Bertz CT molecular complexity index is 185. The summed E-state index contributed by atoms with van der Waals surface area (Å²) < 4.78 is 5.07. The van der Waals surface area contributed by atoms with Gasteiger partial charge in [-0.2, -0.15) is 0 Å². The molecule has 0 fully saturated rings. The van der Waals surface area contributed by atoms with E-state index in [-0.39, 0.29) is 12.1 Å². The van der Waals surface area contributed by atoms with Crippen LogP contribution in [0.5, 0.6) is 0 Å². The third-order valence-electron chi connectivity index (χ3n) is 1.68. The molecule has 3 heteroatoms. The van der Waals surface area contributed by atoms with Crippen molar-refractivity contribution in [2.45, 2.75) is 45.8 Å². The van der Waals surface area contributed by atoms with Crippen LogP contribution in [0.4, 0.5) is 0 Å². The SMILES string of the molecule is C=C(C)C(=O)OC(CC)CC(C)O. The fraction of sp³-hybridized carbons (Fsp3) is 0.700. The van der Waals surface area contributed by atoms with Gasteiger partial charge in [0.15, 0.2) is 0 Å². The van der Waals surface area contributed by atoms with Gasteiger partial charge in [-0.25, -0.2) is 4.79 Å². The predicted octanol–water partition coefficient (Wildman–Crippen LogP) is 1.66. The smallest absolute Gasteiger partial charge is 0.333 e. The number of carbonyl (C=O) groups is 1. The molecule has 0 aliphatic carbocycles. The first kappa shape index (κ1) is 12.2. The van der Waals surface area contributed by atoms with Crippen LogP contribution in [0, 0.1) is 0 Å². The van der Waals surface area contributed by atoms with Crippen LogP contribution < -0.4 is 0 Å². The zero-order valence-corrected chi connectivity index (χ0v) is 8.54. The fourth-order valence-electron chi connectivity index (χ4n) is 0.931. The molecule has 0 amide bonds. The fourth-order valence-corrected chi connectivity index (χ4v) is 0.931. The summed E-state index contributed by atoms with van der Waals surface area (Å²) in [5, 5.41) is 9.09. The monoisotopic (exact) mass is 186 g/mol. The largest absolute Gasteiger partial charge is 0.459 e. The van der Waals surface area contributed by atoms with Crippen molar-refractivity contribution in [3.8, 4) is 0 Å². The average molecular weight is 186 g/mol. The van der Waals surface area contributed by atoms with E-state index in [2.05, 4.69) is 6.58 Å². The van der Waals surface area contributed by atoms with Gasteiger partial charge in [0.25, 0.3) is 0 Å². The lowest BCUT2D eigenvalue weighted by Gasteiger charge is -2.17. The summed E-state index contributed by atoms with van der Waals surface area (Å²) >= 11 is 0. The highest BCUT2D eigenvalue weighted by Gasteiger charge is 2.14. The van der Waals surface area contributed by atoms with Gasteiger partial charge in [0.05, 0.1) is 6.10 Å². The Balaban J connectivity index is 3.97. The van der Waals surface area contributed by atoms with Gasteiger partial charge in [-0.1, -0.05) is 13.5 Å². The van der Waals surface area contributed by atoms with Crippen LogP contribution >= 0.6 is 0 Å². The van der Waals surface area contributed by atoms with Gasteiger partial charge in [-0.3, -0.25) is 0 Å². The summed E-state index contributed by atoms with van der Waals surface area (Å²) in [6, 6.07) is 0. The Morgan fingerprint density at radius 2 is 2.15 bits per heavy atom. The van der Waals surface area contributed by atoms with Gasteiger partial charge in [-0.05, 0) is 20.3 Å². The van der Waals surface area contributed by atoms with Crippen LogP contribution in [0.2, 0.25) is 0 Å². The number of ether oxygens (including phenoxy) is 1. The number of esters is 1. The zero-order valence-electron chi connectivity index (χ0n) is 8.54. The minimum Gasteiger partial charge on any atom is -0.459 e. The molecule has 0 saturated heterocycles. The molecule has 76 valence electrons. The highest BCUT2D eigenvalue weighted by molar-refractivity contribution is 5.87. The quantitative estimate of drug-likeness (QED) is 0.524. The van der Waals surface area contributed by atoms with Crippen molar-refractivity contribution < 1.29 is 14.6 Å². The number of aliphatic hydroxyl groups excluding tert-OH is 1. The second-order valence-electron chi connectivity index (χ2n) is 3.30. The van der Waals surface area contributed by atoms with Crippen molar-refractivity contribution in [3.63, 3.8) is 0 Å². The normalized spacial score (nSPS) is 14.8. The Hall–Kier alpha value is -0.830. The molecule has 0 aromatic rings. The Kier molecular flexibility index (Phi) is 5.39. The highest BCUT2D eigenvalue weighted by atomic mass is 16.5. The number of rotatable bonds is 5. The standard InChI is InChI=1S/C10H18O3/c1-5-9(6-8(4)11)13-10(12)7(2)3/h8-9,11H,2,5-6H2,1,3-4H3. The first-order valence-electron chi connectivity index (χ1n) is 4.51. The van der Waals surface area contributed by atoms with Crippen LogP contribution in [0.1, 0.15) is 33.6 Å². The van der Waals surface area contributed by atoms with Gasteiger partial charge in [-0.15, -0.1) is 0 Å². The van der Waals surface area contributed by atoms with Crippen LogP contribution in [0.15, 0.2) is 12.2 Å². The van der Waals surface area contributed by atoms with E-state index >= 15 is 0 Å². The molecule has 2 atom stereocenters. The van der Waals surface area contributed by atoms with E-state index in [0.29, 0.717) is 18.4 Å². The van der Waals surface area contributed by atoms with E-state index < -0.39 is 6.10 Å². The van der Waals surface area contributed by atoms with E-state index in [0.717, 1.165) is 0 Å². The van der Waals surface area contributed by atoms with E-state index in [1.807, 2.05) is 6.92 Å². The second kappa shape index (κ2) is 5.75. The van der Waals surface area contributed by atoms with E-state index in [9.17, 15) is 4.79 Å². The van der Waals surface area contributed by atoms with Crippen LogP contribution in [-0.2, 0) is 9.53 Å². The summed E-state index contributed by atoms with van der Waals surface area (Å²) in [6.45, 7) is 8.69. The minimum atomic E-state index is -0.442. The number of carbonyl (C=O) groups excluding carboxylic acids is 1. The van der Waals surface area contributed by atoms with Crippen molar-refractivity contribution in [1.82, 2.24) is 0 Å². The lowest BCUT2D eigenvalue weighted by atomic mass is 10.1. The van der Waals surface area contributed by atoms with E-state index in [1.54, 1.807) is 13.8 Å². The molecule has 0 aliphatic rings. The summed E-state index contributed by atoms with van der Waals surface area (Å²) in [5.41, 5.74) is 0.393. The van der Waals surface area contributed by atoms with Gasteiger partial charge in [0, 0.05) is 12.0 Å². The van der Waals surface area contributed by atoms with Gasteiger partial charge >= 0.3 is 5.97 Å². The Morgan fingerprint density at radius 1 is 1.62 bits per heavy atom. The summed E-state index contributed by atoms with van der Waals surface area (Å²) in [6.07, 6.45) is 0.548. The van der Waals surface area contributed by atoms with Crippen LogP contribution in [-0.4, -0.2) is 23.3 Å². The molecule has 2 unspecified atom stereocenters. The molecule has 13 heavy (non-hydrogen) atoms. The summed E-state index contributed by atoms with van der Waals surface area (Å²) in [5.74, 6) is -0.382. The number of hydrogen-bond donors (Lipinski definition) is 1. The molecule has 0 spiro atoms. The molecule has 0 aromatic heterocycles. The van der Waals surface area contributed by atoms with Crippen molar-refractivity contribution in [3.05, 3.63) is 12.2 Å². The van der Waals surface area contributed by atoms with E-state index in [1.165, 1.54) is 0 Å². The topological polar surface area (TPSA) is 46.5 Å². The zero-order chi connectivity index (χ0) is 10.4. The lowest BCUT2D eigenvalue weighted by molar-refractivity contribution is -0.145. The Morgan fingerprint density at radius 3 is 2.46 bits per heavy atom. The maximum absolute atomic E-state index is 11.1. The van der Waals surface area contributed by atoms with Crippen LogP contribution in [0.3, 0.4) is 0 Å².